The minimum atomic E-state index is -1.18. The Kier molecular flexibility index (Phi) is 6.23. The summed E-state index contributed by atoms with van der Waals surface area (Å²) in [5.74, 6) is -1.05. The van der Waals surface area contributed by atoms with Crippen LogP contribution in [-0.2, 0) is 16.1 Å². The zero-order valence-electron chi connectivity index (χ0n) is 15.6. The van der Waals surface area contributed by atoms with E-state index in [9.17, 15) is 9.18 Å². The van der Waals surface area contributed by atoms with Gasteiger partial charge in [0.15, 0.2) is 11.6 Å². The van der Waals surface area contributed by atoms with Gasteiger partial charge in [-0.2, -0.15) is 0 Å². The molecule has 0 radical (unpaired) electrons. The zero-order valence-corrected chi connectivity index (χ0v) is 18.0. The molecular weight excluding hydrogens is 446 g/mol. The van der Waals surface area contributed by atoms with Crippen LogP contribution in [-0.4, -0.2) is 15.6 Å². The van der Waals surface area contributed by atoms with Gasteiger partial charge in [0.25, 0.3) is 0 Å². The third-order valence-corrected chi connectivity index (χ3v) is 7.24. The Morgan fingerprint density at radius 3 is 2.37 bits per heavy atom. The molecule has 0 bridgehead atoms. The Labute approximate surface area is 188 Å². The third-order valence-electron chi connectivity index (χ3n) is 4.60. The van der Waals surface area contributed by atoms with Gasteiger partial charge in [0.2, 0.25) is 0 Å². The van der Waals surface area contributed by atoms with E-state index in [-0.39, 0.29) is 17.6 Å². The van der Waals surface area contributed by atoms with Crippen LogP contribution < -0.4 is 4.74 Å². The molecule has 3 aromatic rings. The summed E-state index contributed by atoms with van der Waals surface area (Å²) in [7, 11) is 0. The van der Waals surface area contributed by atoms with E-state index in [0.717, 1.165) is 4.90 Å². The van der Waals surface area contributed by atoms with Crippen molar-refractivity contribution in [2.75, 3.05) is 0 Å². The van der Waals surface area contributed by atoms with Gasteiger partial charge in [-0.05, 0) is 42.0 Å². The molecule has 0 saturated heterocycles. The van der Waals surface area contributed by atoms with Gasteiger partial charge in [-0.25, -0.2) is 4.39 Å². The Bertz CT molecular complexity index is 1030. The molecule has 7 heteroatoms. The van der Waals surface area contributed by atoms with Crippen molar-refractivity contribution in [1.29, 1.82) is 0 Å². The number of ether oxygens (including phenoxy) is 2. The number of halogens is 3. The lowest BCUT2D eigenvalue weighted by Gasteiger charge is -2.09. The molecule has 1 aliphatic carbocycles. The zero-order chi connectivity index (χ0) is 21.1. The van der Waals surface area contributed by atoms with Crippen molar-refractivity contribution in [2.45, 2.75) is 21.1 Å². The van der Waals surface area contributed by atoms with Crippen LogP contribution in [0.2, 0.25) is 0 Å². The molecule has 0 spiro atoms. The smallest absolute Gasteiger partial charge is 0.313 e. The van der Waals surface area contributed by atoms with Crippen LogP contribution in [0.15, 0.2) is 83.8 Å². The number of rotatable bonds is 7. The number of para-hydroxylation sites is 1. The van der Waals surface area contributed by atoms with Gasteiger partial charge in [0.05, 0.1) is 5.25 Å². The summed E-state index contributed by atoms with van der Waals surface area (Å²) in [5.41, 5.74) is 0.596. The molecule has 0 amide bonds. The Hall–Kier alpha value is -2.21. The molecular formula is C23H17Cl2FO3S. The Morgan fingerprint density at radius 2 is 1.67 bits per heavy atom. The van der Waals surface area contributed by atoms with E-state index < -0.39 is 22.0 Å². The minimum absolute atomic E-state index is 0.0344. The summed E-state index contributed by atoms with van der Waals surface area (Å²) in [6.07, 6.45) is 0. The fourth-order valence-corrected chi connectivity index (χ4v) is 5.21. The van der Waals surface area contributed by atoms with Crippen molar-refractivity contribution in [2.24, 2.45) is 5.92 Å². The van der Waals surface area contributed by atoms with E-state index in [0.29, 0.717) is 11.3 Å². The van der Waals surface area contributed by atoms with Crippen molar-refractivity contribution in [3.63, 3.8) is 0 Å². The van der Waals surface area contributed by atoms with Crippen molar-refractivity contribution in [3.05, 3.63) is 90.2 Å². The van der Waals surface area contributed by atoms with E-state index in [1.165, 1.54) is 30.0 Å². The van der Waals surface area contributed by atoms with E-state index in [4.69, 9.17) is 32.7 Å². The van der Waals surface area contributed by atoms with Gasteiger partial charge in [-0.15, -0.1) is 11.8 Å². The number of carbonyl (C=O) groups excluding carboxylic acids is 1. The number of esters is 1. The molecule has 2 unspecified atom stereocenters. The quantitative estimate of drug-likeness (QED) is 0.291. The molecule has 0 heterocycles. The monoisotopic (exact) mass is 462 g/mol. The predicted octanol–water partition coefficient (Wildman–Crippen LogP) is 6.63. The molecule has 1 fully saturated rings. The van der Waals surface area contributed by atoms with Crippen molar-refractivity contribution in [1.82, 2.24) is 0 Å². The first-order valence-electron chi connectivity index (χ1n) is 9.22. The topological polar surface area (TPSA) is 35.5 Å². The fourth-order valence-electron chi connectivity index (χ4n) is 2.95. The maximum atomic E-state index is 14.1. The average Bonchev–Trinajstić information content (AvgIpc) is 3.29. The molecule has 1 saturated carbocycles. The third kappa shape index (κ3) is 4.75. The highest BCUT2D eigenvalue weighted by atomic mass is 35.5. The normalized spacial score (nSPS) is 19.2. The second-order valence-electron chi connectivity index (χ2n) is 6.79. The largest absolute Gasteiger partial charge is 0.460 e. The van der Waals surface area contributed by atoms with Gasteiger partial charge in [0.1, 0.15) is 22.6 Å². The van der Waals surface area contributed by atoms with Crippen molar-refractivity contribution >= 4 is 40.9 Å². The van der Waals surface area contributed by atoms with E-state index >= 15 is 0 Å². The second-order valence-corrected chi connectivity index (χ2v) is 9.45. The maximum Gasteiger partial charge on any atom is 0.313 e. The molecule has 3 nitrogen and oxygen atoms in total. The molecule has 154 valence electrons. The highest BCUT2D eigenvalue weighted by molar-refractivity contribution is 8.00. The van der Waals surface area contributed by atoms with Gasteiger partial charge in [-0.1, -0.05) is 65.7 Å². The lowest BCUT2D eigenvalue weighted by atomic mass is 10.2. The molecule has 30 heavy (non-hydrogen) atoms. The van der Waals surface area contributed by atoms with Crippen LogP contribution >= 0.6 is 35.0 Å². The molecule has 2 atom stereocenters. The molecule has 0 aromatic heterocycles. The lowest BCUT2D eigenvalue weighted by Crippen LogP contribution is -2.11. The van der Waals surface area contributed by atoms with Crippen LogP contribution in [0.1, 0.15) is 5.56 Å². The summed E-state index contributed by atoms with van der Waals surface area (Å²) >= 11 is 14.1. The van der Waals surface area contributed by atoms with Crippen molar-refractivity contribution in [3.8, 4) is 11.5 Å². The standard InChI is InChI=1S/C23H17Cl2FO3S/c24-23(25)20(21(23)30-17-9-5-2-6-10-17)22(27)28-14-15-11-12-18(26)19(13-15)29-16-7-3-1-4-8-16/h1-13,20-21H,14H2. The summed E-state index contributed by atoms with van der Waals surface area (Å²) in [6, 6.07) is 22.8. The van der Waals surface area contributed by atoms with Gasteiger partial charge in [0, 0.05) is 4.90 Å². The number of hydrogen-bond acceptors (Lipinski definition) is 4. The van der Waals surface area contributed by atoms with E-state index in [1.807, 2.05) is 36.4 Å². The second kappa shape index (κ2) is 8.88. The molecule has 4 rings (SSSR count). The van der Waals surface area contributed by atoms with Crippen LogP contribution in [0.3, 0.4) is 0 Å². The number of carbonyl (C=O) groups is 1. The highest BCUT2D eigenvalue weighted by Gasteiger charge is 2.68. The Balaban J connectivity index is 1.37. The van der Waals surface area contributed by atoms with Gasteiger partial charge >= 0.3 is 5.97 Å². The first-order chi connectivity index (χ1) is 14.4. The molecule has 3 aromatic carbocycles. The lowest BCUT2D eigenvalue weighted by molar-refractivity contribution is -0.146. The first-order valence-corrected chi connectivity index (χ1v) is 10.9. The van der Waals surface area contributed by atoms with Crippen LogP contribution in [0.4, 0.5) is 4.39 Å². The number of alkyl halides is 2. The highest BCUT2D eigenvalue weighted by Crippen LogP contribution is 2.61. The average molecular weight is 463 g/mol. The fraction of sp³-hybridized carbons (Fsp3) is 0.174. The van der Waals surface area contributed by atoms with Crippen LogP contribution in [0, 0.1) is 11.7 Å². The summed E-state index contributed by atoms with van der Waals surface area (Å²) < 4.78 is 23.9. The first kappa shape index (κ1) is 21.0. The van der Waals surface area contributed by atoms with Crippen LogP contribution in [0.25, 0.3) is 0 Å². The van der Waals surface area contributed by atoms with Crippen LogP contribution in [0.5, 0.6) is 11.5 Å². The maximum absolute atomic E-state index is 14.1. The summed E-state index contributed by atoms with van der Waals surface area (Å²) in [6.45, 7) is -0.0344. The number of benzene rings is 3. The minimum Gasteiger partial charge on any atom is -0.460 e. The number of hydrogen-bond donors (Lipinski definition) is 0. The number of thioether (sulfide) groups is 1. The Morgan fingerprint density at radius 1 is 1.00 bits per heavy atom. The van der Waals surface area contributed by atoms with E-state index in [1.54, 1.807) is 24.3 Å². The predicted molar refractivity (Wildman–Crippen MR) is 117 cm³/mol. The molecule has 1 aliphatic rings. The van der Waals surface area contributed by atoms with Gasteiger partial charge < -0.3 is 9.47 Å². The van der Waals surface area contributed by atoms with E-state index in [2.05, 4.69) is 0 Å². The SMILES string of the molecule is O=C(OCc1ccc(F)c(Oc2ccccc2)c1)C1C(Sc2ccccc2)C1(Cl)Cl. The van der Waals surface area contributed by atoms with Gasteiger partial charge in [-0.3, -0.25) is 4.79 Å². The molecule has 0 aliphatic heterocycles. The summed E-state index contributed by atoms with van der Waals surface area (Å²) in [5, 5.41) is -0.291. The van der Waals surface area contributed by atoms with Crippen molar-refractivity contribution < 1.29 is 18.7 Å². The summed E-state index contributed by atoms with van der Waals surface area (Å²) in [4.78, 5) is 13.5. The molecule has 0 N–H and O–H groups in total.